The number of benzene rings is 2. The summed E-state index contributed by atoms with van der Waals surface area (Å²) in [4.78, 5) is 167. The van der Waals surface area contributed by atoms with Crippen LogP contribution in [0.25, 0.3) is 0 Å². The van der Waals surface area contributed by atoms with Gasteiger partial charge in [-0.1, -0.05) is 68.1 Å². The lowest BCUT2D eigenvalue weighted by Gasteiger charge is -2.39. The number of aliphatic hydroxyl groups excluding tert-OH is 4. The van der Waals surface area contributed by atoms with Crippen molar-refractivity contribution in [1.82, 2.24) is 47.4 Å². The molecule has 4 rings (SSSR count). The van der Waals surface area contributed by atoms with Crippen molar-refractivity contribution < 1.29 is 87.8 Å². The molecule has 2 aliphatic heterocycles. The van der Waals surface area contributed by atoms with Gasteiger partial charge in [-0.3, -0.25) is 62.5 Å². The number of aromatic hydroxyl groups is 1. The van der Waals surface area contributed by atoms with Crippen LogP contribution in [-0.2, 0) is 75.1 Å². The number of aliphatic hydroxyl groups is 4. The van der Waals surface area contributed by atoms with Crippen LogP contribution in [0.1, 0.15) is 101 Å². The van der Waals surface area contributed by atoms with Gasteiger partial charge in [0.25, 0.3) is 0 Å². The SMILES string of the molecule is NC(=O)CC[C@H](NC(=O)[C@H](Cc1ccccc1)NC(=O)[C@H](Cc1ccc(O)cc1)NC(=O)[C@H](CS)NC(=O)CCCCCCCCS[C@@H]1O[C@H](CO)[C@@H](O)[C@H](O)[C@H]1O)C(=O)N[C@@H](CC(N)=O)C(=O)N[C@@H](CS)C(=O)N1CCC[C@H]1C(=O)N[C@@H](CCCN=C(N)N)C(=O)NCC(N)=O. The lowest BCUT2D eigenvalue weighted by atomic mass is 10.0. The van der Waals surface area contributed by atoms with Crippen LogP contribution in [0.3, 0.4) is 0 Å². The van der Waals surface area contributed by atoms with E-state index in [2.05, 4.69) is 72.8 Å². The maximum atomic E-state index is 14.6. The molecule has 33 nitrogen and oxygen atoms in total. The number of rotatable bonds is 43. The molecule has 23 N–H and O–H groups in total. The molecule has 0 unspecified atom stereocenters. The Morgan fingerprint density at radius 2 is 1.12 bits per heavy atom. The van der Waals surface area contributed by atoms with Crippen LogP contribution in [0.4, 0.5) is 0 Å². The van der Waals surface area contributed by atoms with Gasteiger partial charge in [-0.25, -0.2) is 0 Å². The predicted molar refractivity (Wildman–Crippen MR) is 361 cm³/mol. The highest BCUT2D eigenvalue weighted by Gasteiger charge is 2.44. The van der Waals surface area contributed by atoms with E-state index in [4.69, 9.17) is 33.4 Å². The first-order chi connectivity index (χ1) is 46.2. The number of thiol groups is 2. The second-order valence-corrected chi connectivity index (χ2v) is 25.3. The molecule has 538 valence electrons. The Balaban J connectivity index is 1.46. The summed E-state index contributed by atoms with van der Waals surface area (Å²) in [6.45, 7) is -0.958. The lowest BCUT2D eigenvalue weighted by Crippen LogP contribution is -2.61. The standard InChI is InChI=1S/C61H93N15O18S3/c62-45(79)22-21-37(53(87)74-40(28-46(63)80)56(90)75-42(32-96)59(93)76-24-11-15-43(76)58(92)71-36(14-10-23-67-61(65)66)52(86)68-29-47(64)81)70-54(88)38(26-33-12-6-5-7-13-33)72-55(89)39(27-34-17-19-35(78)20-18-34)73-57(91)41(31-95)69-48(82)16-8-3-1-2-4-9-25-97-60-51(85)50(84)49(83)44(30-77)94-60/h5-7,12-13,17-20,36-44,49-51,60,77-78,83-85,95-96H,1-4,8-11,14-16,21-32H2,(H2,62,79)(H2,63,80)(H2,64,81)(H,68,86)(H,69,82)(H,70,88)(H,71,92)(H,72,89)(H,73,91)(H,74,87)(H,75,90)(H4,65,66,67)/t36-,37-,38-,39-,40-,41-,42-,43-,44+,49+,50-,51+,60-/m0/s1. The number of carbonyl (C=O) groups is 12. The number of ether oxygens (including phenoxy) is 1. The highest BCUT2D eigenvalue weighted by atomic mass is 32.2. The summed E-state index contributed by atoms with van der Waals surface area (Å²) in [5.41, 5.74) is 27.2. The number of aliphatic imine (C=N–C) groups is 1. The summed E-state index contributed by atoms with van der Waals surface area (Å²) in [5.74, 6) is -11.1. The van der Waals surface area contributed by atoms with Gasteiger partial charge in [0.15, 0.2) is 5.96 Å². The van der Waals surface area contributed by atoms with E-state index < -0.39 is 181 Å². The zero-order valence-electron chi connectivity index (χ0n) is 53.6. The van der Waals surface area contributed by atoms with E-state index in [-0.39, 0.29) is 74.8 Å². The third kappa shape index (κ3) is 28.5. The summed E-state index contributed by atoms with van der Waals surface area (Å²) in [5, 5.41) is 70.0. The van der Waals surface area contributed by atoms with Crippen LogP contribution in [0.5, 0.6) is 5.75 Å². The fourth-order valence-electron chi connectivity index (χ4n) is 10.4. The maximum Gasteiger partial charge on any atom is 0.246 e. The Morgan fingerprint density at radius 1 is 0.577 bits per heavy atom. The minimum Gasteiger partial charge on any atom is -0.508 e. The van der Waals surface area contributed by atoms with Crippen molar-refractivity contribution in [2.24, 2.45) is 33.7 Å². The van der Waals surface area contributed by atoms with Gasteiger partial charge in [0.1, 0.15) is 83.9 Å². The van der Waals surface area contributed by atoms with Crippen molar-refractivity contribution in [3.63, 3.8) is 0 Å². The molecule has 0 aliphatic carbocycles. The number of guanidine groups is 1. The zero-order chi connectivity index (χ0) is 71.7. The molecule has 2 aromatic carbocycles. The van der Waals surface area contributed by atoms with E-state index in [0.29, 0.717) is 36.1 Å². The summed E-state index contributed by atoms with van der Waals surface area (Å²) in [6.07, 6.45) is -2.54. The lowest BCUT2D eigenvalue weighted by molar-refractivity contribution is -0.205. The molecule has 0 bridgehead atoms. The molecule has 0 aromatic heterocycles. The van der Waals surface area contributed by atoms with E-state index in [1.54, 1.807) is 30.3 Å². The van der Waals surface area contributed by atoms with Crippen LogP contribution in [-0.4, -0.2) is 229 Å². The maximum absolute atomic E-state index is 14.6. The van der Waals surface area contributed by atoms with Gasteiger partial charge in [0, 0.05) is 50.3 Å². The molecule has 0 saturated carbocycles. The first-order valence-corrected chi connectivity index (χ1v) is 34.0. The fourth-order valence-corrected chi connectivity index (χ4v) is 12.1. The molecule has 2 aliphatic rings. The van der Waals surface area contributed by atoms with E-state index in [1.165, 1.54) is 36.0 Å². The molecular weight excluding hydrogens is 1330 g/mol. The van der Waals surface area contributed by atoms with Crippen LogP contribution < -0.4 is 71.2 Å². The number of hydrogen-bond acceptors (Lipinski definition) is 22. The molecule has 36 heteroatoms. The number of unbranched alkanes of at least 4 members (excludes halogenated alkanes) is 5. The van der Waals surface area contributed by atoms with Gasteiger partial charge in [-0.15, -0.1) is 11.8 Å². The van der Waals surface area contributed by atoms with E-state index in [1.807, 2.05) is 0 Å². The quantitative estimate of drug-likeness (QED) is 0.0127. The first-order valence-electron chi connectivity index (χ1n) is 31.7. The Kier molecular flexibility index (Phi) is 35.8. The van der Waals surface area contributed by atoms with E-state index in [0.717, 1.165) is 30.6 Å². The molecule has 2 aromatic rings. The third-order valence-electron chi connectivity index (χ3n) is 15.7. The molecule has 2 heterocycles. The molecule has 0 radical (unpaired) electrons. The van der Waals surface area contributed by atoms with Crippen LogP contribution >= 0.6 is 37.0 Å². The average Bonchev–Trinajstić information content (AvgIpc) is 1.65. The van der Waals surface area contributed by atoms with Crippen molar-refractivity contribution in [2.45, 2.75) is 181 Å². The minimum absolute atomic E-state index is 0.0000157. The number of nitrogens with zero attached hydrogens (tertiary/aromatic N) is 2. The van der Waals surface area contributed by atoms with Crippen molar-refractivity contribution in [3.8, 4) is 5.75 Å². The van der Waals surface area contributed by atoms with Gasteiger partial charge >= 0.3 is 0 Å². The Morgan fingerprint density at radius 3 is 1.71 bits per heavy atom. The number of likely N-dealkylation sites (tertiary alicyclic amines) is 1. The Labute approximate surface area is 576 Å². The molecule has 12 amide bonds. The number of phenolic OH excluding ortho intramolecular Hbond substituents is 1. The molecule has 2 fully saturated rings. The average molecular weight is 1420 g/mol. The van der Waals surface area contributed by atoms with Gasteiger partial charge in [-0.05, 0) is 74.0 Å². The smallest absolute Gasteiger partial charge is 0.246 e. The number of nitrogens with one attached hydrogen (secondary N) is 8. The van der Waals surface area contributed by atoms with Crippen LogP contribution in [0, 0.1) is 0 Å². The van der Waals surface area contributed by atoms with Crippen molar-refractivity contribution in [2.75, 3.05) is 43.5 Å². The molecule has 13 atom stereocenters. The monoisotopic (exact) mass is 1420 g/mol. The number of primary amides is 3. The van der Waals surface area contributed by atoms with Gasteiger partial charge in [0.05, 0.1) is 19.6 Å². The number of nitrogens with two attached hydrogens (primary N) is 5. The normalized spacial score (nSPS) is 19.5. The Hall–Kier alpha value is -8.00. The van der Waals surface area contributed by atoms with Gasteiger partial charge in [0.2, 0.25) is 70.9 Å². The van der Waals surface area contributed by atoms with E-state index >= 15 is 0 Å². The van der Waals surface area contributed by atoms with Crippen LogP contribution in [0.2, 0.25) is 0 Å². The summed E-state index contributed by atoms with van der Waals surface area (Å²) in [7, 11) is 0. The van der Waals surface area contributed by atoms with Crippen molar-refractivity contribution >= 4 is 114 Å². The number of thioether (sulfide) groups is 1. The summed E-state index contributed by atoms with van der Waals surface area (Å²) in [6, 6.07) is 2.20. The molecule has 97 heavy (non-hydrogen) atoms. The highest BCUT2D eigenvalue weighted by molar-refractivity contribution is 7.99. The first kappa shape index (κ1) is 81.4. The number of amides is 12. The fraction of sp³-hybridized carbons (Fsp3) is 0.590. The van der Waals surface area contributed by atoms with E-state index in [9.17, 15) is 83.1 Å². The Bertz CT molecular complexity index is 2990. The summed E-state index contributed by atoms with van der Waals surface area (Å²) < 4.78 is 5.54. The largest absolute Gasteiger partial charge is 0.508 e. The molecule has 0 spiro atoms. The zero-order valence-corrected chi connectivity index (χ0v) is 56.2. The second kappa shape index (κ2) is 42.6. The van der Waals surface area contributed by atoms with Gasteiger partial charge in [-0.2, -0.15) is 25.3 Å². The predicted octanol–water partition coefficient (Wildman–Crippen LogP) is -5.52. The topological polar surface area (TPSA) is 557 Å². The number of hydrogen-bond donors (Lipinski definition) is 20. The third-order valence-corrected chi connectivity index (χ3v) is 17.7. The van der Waals surface area contributed by atoms with Crippen LogP contribution in [0.15, 0.2) is 59.6 Å². The molecular formula is C61H93N15O18S3. The number of carbonyl (C=O) groups excluding carboxylic acids is 12. The van der Waals surface area contributed by atoms with Crippen molar-refractivity contribution in [1.29, 1.82) is 0 Å². The molecule has 2 saturated heterocycles. The second-order valence-electron chi connectivity index (χ2n) is 23.3. The number of phenols is 1. The van der Waals surface area contributed by atoms with Gasteiger partial charge < -0.3 is 106 Å². The summed E-state index contributed by atoms with van der Waals surface area (Å²) >= 11 is 9.85. The minimum atomic E-state index is -1.85. The van der Waals surface area contributed by atoms with Crippen molar-refractivity contribution in [3.05, 3.63) is 65.7 Å². The highest BCUT2D eigenvalue weighted by Crippen LogP contribution is 2.29.